The highest BCUT2D eigenvalue weighted by Gasteiger charge is 2.03. The quantitative estimate of drug-likeness (QED) is 0.494. The Kier molecular flexibility index (Phi) is 2.47. The Hall–Kier alpha value is -2.50. The molecule has 5 N–H and O–H groups in total. The number of nitrogens with one attached hydrogen (secondary N) is 1. The number of rotatable bonds is 2. The predicted octanol–water partition coefficient (Wildman–Crippen LogP) is 0.405. The van der Waals surface area contributed by atoms with Gasteiger partial charge in [-0.15, -0.1) is 0 Å². The number of pyridine rings is 1. The van der Waals surface area contributed by atoms with Gasteiger partial charge in [0.1, 0.15) is 17.2 Å². The highest BCUT2D eigenvalue weighted by Crippen LogP contribution is 2.14. The first-order valence-electron chi connectivity index (χ1n) is 4.55. The zero-order chi connectivity index (χ0) is 11.5. The van der Waals surface area contributed by atoms with Crippen molar-refractivity contribution in [3.63, 3.8) is 0 Å². The Bertz CT molecular complexity index is 519. The van der Waals surface area contributed by atoms with Gasteiger partial charge in [0, 0.05) is 11.9 Å². The lowest BCUT2D eigenvalue weighted by Gasteiger charge is -2.01. The molecule has 0 aliphatic rings. The van der Waals surface area contributed by atoms with Crippen molar-refractivity contribution in [1.82, 2.24) is 15.0 Å². The molecule has 6 heteroatoms. The van der Waals surface area contributed by atoms with E-state index >= 15 is 0 Å². The summed E-state index contributed by atoms with van der Waals surface area (Å²) in [6.07, 6.45) is 4.55. The van der Waals surface area contributed by atoms with Gasteiger partial charge in [-0.1, -0.05) is 0 Å². The maximum atomic E-state index is 7.18. The smallest absolute Gasteiger partial charge is 0.143 e. The number of amidine groups is 1. The molecule has 0 saturated carbocycles. The first-order valence-corrected chi connectivity index (χ1v) is 4.55. The minimum Gasteiger partial charge on any atom is -0.399 e. The molecular formula is C10H10N6. The molecule has 0 aliphatic heterocycles. The third-order valence-corrected chi connectivity index (χ3v) is 1.97. The largest absolute Gasteiger partial charge is 0.399 e. The van der Waals surface area contributed by atoms with Crippen LogP contribution in [0, 0.1) is 5.41 Å². The zero-order valence-corrected chi connectivity index (χ0v) is 8.38. The summed E-state index contributed by atoms with van der Waals surface area (Å²) in [5, 5.41) is 7.18. The molecule has 0 aliphatic carbocycles. The number of hydrogen-bond donors (Lipinski definition) is 3. The standard InChI is InChI=1S/C10H10N6/c11-6-1-2-14-7(3-6)8-4-16-9(5-15-8)10(12)13/h1-5H,(H2,11,14)(H3,12,13). The molecule has 80 valence electrons. The van der Waals surface area contributed by atoms with E-state index in [1.54, 1.807) is 18.3 Å². The SMILES string of the molecule is N=C(N)c1cnc(-c2cc(N)ccn2)cn1. The van der Waals surface area contributed by atoms with Crippen LogP contribution in [0.15, 0.2) is 30.7 Å². The van der Waals surface area contributed by atoms with E-state index in [-0.39, 0.29) is 5.84 Å². The van der Waals surface area contributed by atoms with Gasteiger partial charge < -0.3 is 11.5 Å². The van der Waals surface area contributed by atoms with E-state index in [9.17, 15) is 0 Å². The lowest BCUT2D eigenvalue weighted by atomic mass is 10.2. The van der Waals surface area contributed by atoms with Crippen LogP contribution in [0.3, 0.4) is 0 Å². The first kappa shape index (κ1) is 10.0. The van der Waals surface area contributed by atoms with Crippen molar-refractivity contribution in [1.29, 1.82) is 5.41 Å². The summed E-state index contributed by atoms with van der Waals surface area (Å²) in [7, 11) is 0. The number of anilines is 1. The molecule has 0 unspecified atom stereocenters. The summed E-state index contributed by atoms with van der Waals surface area (Å²) >= 11 is 0. The minimum atomic E-state index is -0.111. The second kappa shape index (κ2) is 3.93. The second-order valence-electron chi connectivity index (χ2n) is 3.17. The van der Waals surface area contributed by atoms with Crippen LogP contribution in [0.25, 0.3) is 11.4 Å². The van der Waals surface area contributed by atoms with Gasteiger partial charge in [0.05, 0.1) is 18.1 Å². The number of nitrogens with two attached hydrogens (primary N) is 2. The Balaban J connectivity index is 2.38. The summed E-state index contributed by atoms with van der Waals surface area (Å²) in [4.78, 5) is 12.2. The molecule has 2 rings (SSSR count). The minimum absolute atomic E-state index is 0.111. The molecule has 0 radical (unpaired) electrons. The summed E-state index contributed by atoms with van der Waals surface area (Å²) in [5.74, 6) is -0.111. The van der Waals surface area contributed by atoms with Crippen LogP contribution >= 0.6 is 0 Å². The molecule has 0 bridgehead atoms. The van der Waals surface area contributed by atoms with Gasteiger partial charge in [-0.3, -0.25) is 15.4 Å². The maximum absolute atomic E-state index is 7.18. The van der Waals surface area contributed by atoms with Gasteiger partial charge in [0.2, 0.25) is 0 Å². The van der Waals surface area contributed by atoms with Crippen molar-refractivity contribution in [2.75, 3.05) is 5.73 Å². The fourth-order valence-electron chi connectivity index (χ4n) is 1.19. The maximum Gasteiger partial charge on any atom is 0.143 e. The van der Waals surface area contributed by atoms with Gasteiger partial charge in [-0.2, -0.15) is 0 Å². The molecule has 6 nitrogen and oxygen atoms in total. The van der Waals surface area contributed by atoms with E-state index in [1.165, 1.54) is 12.4 Å². The molecule has 0 atom stereocenters. The third kappa shape index (κ3) is 1.95. The van der Waals surface area contributed by atoms with Crippen molar-refractivity contribution >= 4 is 11.5 Å². The van der Waals surface area contributed by atoms with E-state index in [0.717, 1.165) is 0 Å². The molecule has 0 spiro atoms. The van der Waals surface area contributed by atoms with Crippen molar-refractivity contribution in [3.05, 3.63) is 36.4 Å². The Labute approximate surface area is 91.9 Å². The molecule has 0 aromatic carbocycles. The van der Waals surface area contributed by atoms with Crippen molar-refractivity contribution in [3.8, 4) is 11.4 Å². The third-order valence-electron chi connectivity index (χ3n) is 1.97. The van der Waals surface area contributed by atoms with Crippen LogP contribution in [-0.4, -0.2) is 20.8 Å². The van der Waals surface area contributed by atoms with Crippen molar-refractivity contribution in [2.45, 2.75) is 0 Å². The Morgan fingerprint density at radius 2 is 1.94 bits per heavy atom. The summed E-state index contributed by atoms with van der Waals surface area (Å²) in [6, 6.07) is 3.40. The van der Waals surface area contributed by atoms with Crippen LogP contribution in [0.1, 0.15) is 5.69 Å². The molecule has 2 aromatic heterocycles. The first-order chi connectivity index (χ1) is 7.66. The van der Waals surface area contributed by atoms with Gasteiger partial charge >= 0.3 is 0 Å². The van der Waals surface area contributed by atoms with E-state index < -0.39 is 0 Å². The topological polar surface area (TPSA) is 115 Å². The summed E-state index contributed by atoms with van der Waals surface area (Å²) in [6.45, 7) is 0. The molecule has 0 amide bonds. The van der Waals surface area contributed by atoms with Gasteiger partial charge in [0.15, 0.2) is 0 Å². The van der Waals surface area contributed by atoms with Crippen LogP contribution in [-0.2, 0) is 0 Å². The van der Waals surface area contributed by atoms with E-state index in [2.05, 4.69) is 15.0 Å². The van der Waals surface area contributed by atoms with Gasteiger partial charge in [-0.05, 0) is 12.1 Å². The zero-order valence-electron chi connectivity index (χ0n) is 8.38. The van der Waals surface area contributed by atoms with Crippen molar-refractivity contribution < 1.29 is 0 Å². The fraction of sp³-hybridized carbons (Fsp3) is 0. The Morgan fingerprint density at radius 3 is 2.50 bits per heavy atom. The lowest BCUT2D eigenvalue weighted by Crippen LogP contribution is -2.13. The average Bonchev–Trinajstić information content (AvgIpc) is 2.29. The number of hydrogen-bond acceptors (Lipinski definition) is 5. The molecular weight excluding hydrogens is 204 g/mol. The number of aromatic nitrogens is 3. The predicted molar refractivity (Wildman–Crippen MR) is 60.7 cm³/mol. The normalized spacial score (nSPS) is 10.0. The highest BCUT2D eigenvalue weighted by molar-refractivity contribution is 5.92. The van der Waals surface area contributed by atoms with Gasteiger partial charge in [0.25, 0.3) is 0 Å². The lowest BCUT2D eigenvalue weighted by molar-refractivity contribution is 1.15. The van der Waals surface area contributed by atoms with E-state index in [0.29, 0.717) is 22.8 Å². The monoisotopic (exact) mass is 214 g/mol. The molecule has 2 aromatic rings. The highest BCUT2D eigenvalue weighted by atomic mass is 14.9. The van der Waals surface area contributed by atoms with E-state index in [1.807, 2.05) is 0 Å². The summed E-state index contributed by atoms with van der Waals surface area (Å²) < 4.78 is 0. The Morgan fingerprint density at radius 1 is 1.12 bits per heavy atom. The van der Waals surface area contributed by atoms with Crippen molar-refractivity contribution in [2.24, 2.45) is 5.73 Å². The molecule has 2 heterocycles. The van der Waals surface area contributed by atoms with Gasteiger partial charge in [-0.25, -0.2) is 4.98 Å². The molecule has 0 saturated heterocycles. The van der Waals surface area contributed by atoms with Crippen LogP contribution in [0.5, 0.6) is 0 Å². The van der Waals surface area contributed by atoms with Crippen LogP contribution in [0.4, 0.5) is 5.69 Å². The average molecular weight is 214 g/mol. The number of nitrogens with zero attached hydrogens (tertiary/aromatic N) is 3. The van der Waals surface area contributed by atoms with Crippen LogP contribution in [0.2, 0.25) is 0 Å². The molecule has 16 heavy (non-hydrogen) atoms. The number of nitrogen functional groups attached to an aromatic ring is 2. The van der Waals surface area contributed by atoms with E-state index in [4.69, 9.17) is 16.9 Å². The summed E-state index contributed by atoms with van der Waals surface area (Å²) in [5.41, 5.74) is 13.1. The van der Waals surface area contributed by atoms with Crippen LogP contribution < -0.4 is 11.5 Å². The fourth-order valence-corrected chi connectivity index (χ4v) is 1.19. The second-order valence-corrected chi connectivity index (χ2v) is 3.17. The molecule has 0 fully saturated rings.